The number of imidazole rings is 1. The van der Waals surface area contributed by atoms with Gasteiger partial charge in [0.15, 0.2) is 0 Å². The number of nitrogens with zero attached hydrogens (tertiary/aromatic N) is 2. The van der Waals surface area contributed by atoms with Crippen LogP contribution in [0.1, 0.15) is 25.2 Å². The van der Waals surface area contributed by atoms with Crippen molar-refractivity contribution in [1.82, 2.24) is 14.9 Å². The molecule has 0 aliphatic rings. The Morgan fingerprint density at radius 1 is 1.04 bits per heavy atom. The average Bonchev–Trinajstić information content (AvgIpc) is 2.95. The number of hydrogen-bond acceptors (Lipinski definition) is 3. The Balaban J connectivity index is 1.85. The number of para-hydroxylation sites is 2. The van der Waals surface area contributed by atoms with E-state index < -0.39 is 0 Å². The van der Waals surface area contributed by atoms with Gasteiger partial charge >= 0.3 is 0 Å². The maximum Gasteiger partial charge on any atom is 0.119 e. The Kier molecular flexibility index (Phi) is 5.49. The normalized spacial score (nSPS) is 11.1. The summed E-state index contributed by atoms with van der Waals surface area (Å²) in [5, 5.41) is 3.40. The van der Waals surface area contributed by atoms with Gasteiger partial charge in [0.2, 0.25) is 0 Å². The molecule has 0 fully saturated rings. The van der Waals surface area contributed by atoms with Crippen LogP contribution in [0, 0.1) is 0 Å². The number of hydrogen-bond donors (Lipinski definition) is 1. The molecule has 1 heterocycles. The molecule has 126 valence electrons. The second-order valence-corrected chi connectivity index (χ2v) is 5.78. The lowest BCUT2D eigenvalue weighted by molar-refractivity contribution is 0.340. The summed E-state index contributed by atoms with van der Waals surface area (Å²) in [6.07, 6.45) is 0.827. The Bertz CT molecular complexity index is 777. The predicted octanol–water partition coefficient (Wildman–Crippen LogP) is 3.64. The molecule has 4 nitrogen and oxygen atoms in total. The summed E-state index contributed by atoms with van der Waals surface area (Å²) >= 11 is 0. The number of ether oxygens (including phenoxy) is 1. The molecular weight excluding hydrogens is 298 g/mol. The Hall–Kier alpha value is -2.33. The highest BCUT2D eigenvalue weighted by Gasteiger charge is 2.10. The molecule has 0 spiro atoms. The minimum atomic E-state index is 0.694. The molecule has 3 aromatic rings. The molecule has 0 aliphatic heterocycles. The first-order valence-corrected chi connectivity index (χ1v) is 8.68. The molecule has 0 saturated heterocycles. The van der Waals surface area contributed by atoms with Gasteiger partial charge in [-0.25, -0.2) is 4.98 Å². The van der Waals surface area contributed by atoms with Crippen molar-refractivity contribution in [2.45, 2.75) is 26.8 Å². The standard InChI is InChI=1S/C20H25N3O/c1-3-21-13-14-23-19-8-6-5-7-18(19)22-20(23)15-16-9-11-17(12-10-16)24-4-2/h5-12,21H,3-4,13-15H2,1-2H3. The molecule has 2 aromatic carbocycles. The van der Waals surface area contributed by atoms with Crippen LogP contribution >= 0.6 is 0 Å². The molecule has 0 radical (unpaired) electrons. The van der Waals surface area contributed by atoms with E-state index in [-0.39, 0.29) is 0 Å². The first-order valence-electron chi connectivity index (χ1n) is 8.68. The van der Waals surface area contributed by atoms with E-state index in [1.54, 1.807) is 0 Å². The van der Waals surface area contributed by atoms with Gasteiger partial charge in [-0.3, -0.25) is 0 Å². The van der Waals surface area contributed by atoms with E-state index >= 15 is 0 Å². The maximum atomic E-state index is 5.52. The molecule has 0 atom stereocenters. The number of aromatic nitrogens is 2. The lowest BCUT2D eigenvalue weighted by Crippen LogP contribution is -2.20. The average molecular weight is 323 g/mol. The SMILES string of the molecule is CCNCCn1c(Cc2ccc(OCC)cc2)nc2ccccc21. The van der Waals surface area contributed by atoms with Crippen LogP contribution in [-0.2, 0) is 13.0 Å². The summed E-state index contributed by atoms with van der Waals surface area (Å²) in [7, 11) is 0. The van der Waals surface area contributed by atoms with Crippen molar-refractivity contribution < 1.29 is 4.74 Å². The molecule has 3 rings (SSSR count). The van der Waals surface area contributed by atoms with E-state index in [0.717, 1.165) is 43.1 Å². The summed E-state index contributed by atoms with van der Waals surface area (Å²) in [5.41, 5.74) is 3.52. The number of fused-ring (bicyclic) bond motifs is 1. The van der Waals surface area contributed by atoms with Crippen LogP contribution in [0.4, 0.5) is 0 Å². The fourth-order valence-corrected chi connectivity index (χ4v) is 2.93. The molecule has 1 aromatic heterocycles. The lowest BCUT2D eigenvalue weighted by atomic mass is 10.1. The first-order chi connectivity index (χ1) is 11.8. The van der Waals surface area contributed by atoms with Crippen molar-refractivity contribution in [3.05, 3.63) is 59.9 Å². The molecule has 0 unspecified atom stereocenters. The Morgan fingerprint density at radius 2 is 1.83 bits per heavy atom. The van der Waals surface area contributed by atoms with Crippen molar-refractivity contribution in [3.63, 3.8) is 0 Å². The van der Waals surface area contributed by atoms with Crippen LogP contribution in [0.5, 0.6) is 5.75 Å². The highest BCUT2D eigenvalue weighted by molar-refractivity contribution is 5.76. The predicted molar refractivity (Wildman–Crippen MR) is 98.7 cm³/mol. The highest BCUT2D eigenvalue weighted by Crippen LogP contribution is 2.20. The molecular formula is C20H25N3O. The molecule has 1 N–H and O–H groups in total. The van der Waals surface area contributed by atoms with E-state index in [1.165, 1.54) is 11.1 Å². The minimum absolute atomic E-state index is 0.694. The van der Waals surface area contributed by atoms with Gasteiger partial charge in [0.05, 0.1) is 17.6 Å². The van der Waals surface area contributed by atoms with Gasteiger partial charge in [0, 0.05) is 19.5 Å². The Labute approximate surface area is 143 Å². The van der Waals surface area contributed by atoms with Gasteiger partial charge in [-0.2, -0.15) is 0 Å². The third-order valence-corrected chi connectivity index (χ3v) is 4.09. The zero-order chi connectivity index (χ0) is 16.8. The van der Waals surface area contributed by atoms with Gasteiger partial charge in [-0.15, -0.1) is 0 Å². The van der Waals surface area contributed by atoms with E-state index in [1.807, 2.05) is 25.1 Å². The van der Waals surface area contributed by atoms with Crippen LogP contribution in [0.2, 0.25) is 0 Å². The Morgan fingerprint density at radius 3 is 2.58 bits per heavy atom. The molecule has 0 bridgehead atoms. The van der Waals surface area contributed by atoms with Gasteiger partial charge in [-0.05, 0) is 43.3 Å². The molecule has 0 amide bonds. The van der Waals surface area contributed by atoms with Crippen LogP contribution in [0.15, 0.2) is 48.5 Å². The first kappa shape index (κ1) is 16.5. The maximum absolute atomic E-state index is 5.52. The van der Waals surface area contributed by atoms with Crippen molar-refractivity contribution in [2.75, 3.05) is 19.7 Å². The van der Waals surface area contributed by atoms with Gasteiger partial charge in [0.25, 0.3) is 0 Å². The zero-order valence-electron chi connectivity index (χ0n) is 14.5. The second kappa shape index (κ2) is 7.97. The molecule has 0 saturated carbocycles. The molecule has 4 heteroatoms. The minimum Gasteiger partial charge on any atom is -0.494 e. The number of rotatable bonds is 8. The van der Waals surface area contributed by atoms with E-state index in [4.69, 9.17) is 9.72 Å². The molecule has 0 aliphatic carbocycles. The summed E-state index contributed by atoms with van der Waals surface area (Å²) in [4.78, 5) is 4.85. The highest BCUT2D eigenvalue weighted by atomic mass is 16.5. The fourth-order valence-electron chi connectivity index (χ4n) is 2.93. The topological polar surface area (TPSA) is 39.1 Å². The van der Waals surface area contributed by atoms with Crippen molar-refractivity contribution in [1.29, 1.82) is 0 Å². The summed E-state index contributed by atoms with van der Waals surface area (Å²) in [5.74, 6) is 2.03. The number of benzene rings is 2. The lowest BCUT2D eigenvalue weighted by Gasteiger charge is -2.10. The van der Waals surface area contributed by atoms with Crippen LogP contribution < -0.4 is 10.1 Å². The summed E-state index contributed by atoms with van der Waals surface area (Å²) in [6.45, 7) is 7.70. The van der Waals surface area contributed by atoms with Gasteiger partial charge < -0.3 is 14.6 Å². The third-order valence-electron chi connectivity index (χ3n) is 4.09. The number of likely N-dealkylation sites (N-methyl/N-ethyl adjacent to an activating group) is 1. The van der Waals surface area contributed by atoms with E-state index in [0.29, 0.717) is 6.61 Å². The zero-order valence-corrected chi connectivity index (χ0v) is 14.5. The van der Waals surface area contributed by atoms with Gasteiger partial charge in [0.1, 0.15) is 11.6 Å². The van der Waals surface area contributed by atoms with E-state index in [9.17, 15) is 0 Å². The van der Waals surface area contributed by atoms with Crippen molar-refractivity contribution in [3.8, 4) is 5.75 Å². The second-order valence-electron chi connectivity index (χ2n) is 5.78. The van der Waals surface area contributed by atoms with Crippen LogP contribution in [0.3, 0.4) is 0 Å². The monoisotopic (exact) mass is 323 g/mol. The fraction of sp³-hybridized carbons (Fsp3) is 0.350. The van der Waals surface area contributed by atoms with Gasteiger partial charge in [-0.1, -0.05) is 31.2 Å². The van der Waals surface area contributed by atoms with Crippen LogP contribution in [-0.4, -0.2) is 29.2 Å². The smallest absolute Gasteiger partial charge is 0.119 e. The largest absolute Gasteiger partial charge is 0.494 e. The summed E-state index contributed by atoms with van der Waals surface area (Å²) in [6, 6.07) is 16.7. The van der Waals surface area contributed by atoms with E-state index in [2.05, 4.69) is 47.1 Å². The molecule has 24 heavy (non-hydrogen) atoms. The third kappa shape index (κ3) is 3.77. The van der Waals surface area contributed by atoms with Crippen LogP contribution in [0.25, 0.3) is 11.0 Å². The van der Waals surface area contributed by atoms with Crippen molar-refractivity contribution in [2.24, 2.45) is 0 Å². The quantitative estimate of drug-likeness (QED) is 0.643. The summed E-state index contributed by atoms with van der Waals surface area (Å²) < 4.78 is 7.85. The number of nitrogens with one attached hydrogen (secondary N) is 1. The van der Waals surface area contributed by atoms with Crippen molar-refractivity contribution >= 4 is 11.0 Å².